The van der Waals surface area contributed by atoms with E-state index in [2.05, 4.69) is 14.7 Å². The zero-order valence-electron chi connectivity index (χ0n) is 15.0. The van der Waals surface area contributed by atoms with Gasteiger partial charge in [0.1, 0.15) is 5.82 Å². The van der Waals surface area contributed by atoms with E-state index in [1.807, 2.05) is 0 Å². The Morgan fingerprint density at radius 2 is 1.79 bits per heavy atom. The van der Waals surface area contributed by atoms with Gasteiger partial charge in [-0.15, -0.1) is 0 Å². The maximum atomic E-state index is 14.7. The quantitative estimate of drug-likeness (QED) is 0.582. The average molecular weight is 402 g/mol. The highest BCUT2D eigenvalue weighted by molar-refractivity contribution is 7.89. The number of hydrogen-bond acceptors (Lipinski definition) is 6. The third kappa shape index (κ3) is 4.16. The summed E-state index contributed by atoms with van der Waals surface area (Å²) in [5.41, 5.74) is 6.93. The summed E-state index contributed by atoms with van der Waals surface area (Å²) in [5, 5.41) is 9.13. The van der Waals surface area contributed by atoms with E-state index < -0.39 is 21.9 Å². The first-order valence-electron chi connectivity index (χ1n) is 8.42. The van der Waals surface area contributed by atoms with Crippen LogP contribution in [0.15, 0.2) is 59.8 Å². The number of nitrogen functional groups attached to an aromatic ring is 1. The largest absolute Gasteiger partial charge is 0.395 e. The molecule has 0 spiro atoms. The zero-order chi connectivity index (χ0) is 20.3. The Morgan fingerprint density at radius 3 is 2.43 bits per heavy atom. The number of rotatable bonds is 6. The third-order valence-electron chi connectivity index (χ3n) is 4.07. The molecule has 0 saturated heterocycles. The fraction of sp³-hybridized carbons (Fsp3) is 0.158. The number of nitrogens with zero attached hydrogens (tertiary/aromatic N) is 2. The molecule has 0 amide bonds. The molecule has 9 heteroatoms. The van der Waals surface area contributed by atoms with Gasteiger partial charge in [0.15, 0.2) is 0 Å². The lowest BCUT2D eigenvalue weighted by atomic mass is 10.0. The number of anilines is 1. The van der Waals surface area contributed by atoms with Crippen molar-refractivity contribution in [3.8, 4) is 22.3 Å². The van der Waals surface area contributed by atoms with Crippen LogP contribution in [-0.4, -0.2) is 36.1 Å². The summed E-state index contributed by atoms with van der Waals surface area (Å²) in [6.07, 6.45) is 2.83. The van der Waals surface area contributed by atoms with Crippen molar-refractivity contribution in [1.82, 2.24) is 14.7 Å². The first kappa shape index (κ1) is 19.9. The molecule has 1 aromatic heterocycles. The number of halogens is 1. The highest BCUT2D eigenvalue weighted by atomic mass is 32.2. The number of sulfonamides is 1. The lowest BCUT2D eigenvalue weighted by Crippen LogP contribution is -2.35. The van der Waals surface area contributed by atoms with Crippen molar-refractivity contribution in [1.29, 1.82) is 0 Å². The van der Waals surface area contributed by atoms with Gasteiger partial charge in [-0.2, -0.15) is 0 Å². The van der Waals surface area contributed by atoms with Crippen molar-refractivity contribution < 1.29 is 17.9 Å². The van der Waals surface area contributed by atoms with E-state index in [-0.39, 0.29) is 23.0 Å². The van der Waals surface area contributed by atoms with Crippen LogP contribution in [0, 0.1) is 5.82 Å². The van der Waals surface area contributed by atoms with E-state index in [0.717, 1.165) is 0 Å². The predicted molar refractivity (Wildman–Crippen MR) is 104 cm³/mol. The van der Waals surface area contributed by atoms with Crippen LogP contribution in [0.4, 0.5) is 10.3 Å². The Bertz CT molecular complexity index is 1090. The Hall–Kier alpha value is -2.88. The fourth-order valence-electron chi connectivity index (χ4n) is 2.70. The second-order valence-electron chi connectivity index (χ2n) is 6.23. The Balaban J connectivity index is 2.03. The molecule has 146 valence electrons. The van der Waals surface area contributed by atoms with Gasteiger partial charge >= 0.3 is 0 Å². The predicted octanol–water partition coefficient (Wildman–Crippen LogP) is 2.19. The van der Waals surface area contributed by atoms with Gasteiger partial charge in [-0.1, -0.05) is 30.3 Å². The second-order valence-corrected chi connectivity index (χ2v) is 7.91. The van der Waals surface area contributed by atoms with Gasteiger partial charge in [-0.25, -0.2) is 27.5 Å². The highest BCUT2D eigenvalue weighted by Gasteiger charge is 2.21. The van der Waals surface area contributed by atoms with Crippen LogP contribution in [0.3, 0.4) is 0 Å². The van der Waals surface area contributed by atoms with Crippen LogP contribution in [0.2, 0.25) is 0 Å². The topological polar surface area (TPSA) is 118 Å². The van der Waals surface area contributed by atoms with Gasteiger partial charge in [-0.3, -0.25) is 0 Å². The van der Waals surface area contributed by atoms with Crippen molar-refractivity contribution in [2.45, 2.75) is 17.9 Å². The Kier molecular flexibility index (Phi) is 5.68. The Morgan fingerprint density at radius 1 is 1.11 bits per heavy atom. The van der Waals surface area contributed by atoms with Gasteiger partial charge in [0.05, 0.1) is 11.5 Å². The van der Waals surface area contributed by atoms with Crippen LogP contribution in [0.1, 0.15) is 6.92 Å². The second kappa shape index (κ2) is 8.01. The van der Waals surface area contributed by atoms with Crippen LogP contribution in [-0.2, 0) is 10.0 Å². The highest BCUT2D eigenvalue weighted by Crippen LogP contribution is 2.31. The minimum absolute atomic E-state index is 0.00160. The normalized spacial score (nSPS) is 12.7. The third-order valence-corrected chi connectivity index (χ3v) is 5.72. The Labute approximate surface area is 162 Å². The van der Waals surface area contributed by atoms with E-state index >= 15 is 0 Å². The molecule has 1 heterocycles. The molecule has 0 radical (unpaired) electrons. The smallest absolute Gasteiger partial charge is 0.241 e. The summed E-state index contributed by atoms with van der Waals surface area (Å²) in [4.78, 5) is 7.70. The van der Waals surface area contributed by atoms with Gasteiger partial charge < -0.3 is 10.8 Å². The zero-order valence-corrected chi connectivity index (χ0v) is 15.8. The van der Waals surface area contributed by atoms with E-state index in [0.29, 0.717) is 16.7 Å². The lowest BCUT2D eigenvalue weighted by molar-refractivity contribution is 0.265. The molecule has 0 unspecified atom stereocenters. The maximum absolute atomic E-state index is 14.7. The lowest BCUT2D eigenvalue weighted by Gasteiger charge is -2.15. The summed E-state index contributed by atoms with van der Waals surface area (Å²) in [7, 11) is -3.90. The van der Waals surface area contributed by atoms with Crippen molar-refractivity contribution in [2.75, 3.05) is 12.3 Å². The van der Waals surface area contributed by atoms with Gasteiger partial charge in [0.2, 0.25) is 16.0 Å². The van der Waals surface area contributed by atoms with Crippen molar-refractivity contribution in [3.05, 3.63) is 60.7 Å². The van der Waals surface area contributed by atoms with Gasteiger partial charge in [0, 0.05) is 35.1 Å². The molecule has 1 atom stereocenters. The van der Waals surface area contributed by atoms with E-state index in [4.69, 9.17) is 10.8 Å². The number of aromatic nitrogens is 2. The molecule has 0 bridgehead atoms. The molecule has 4 N–H and O–H groups in total. The summed E-state index contributed by atoms with van der Waals surface area (Å²) < 4.78 is 42.4. The van der Waals surface area contributed by atoms with Crippen LogP contribution in [0.5, 0.6) is 0 Å². The number of benzene rings is 2. The summed E-state index contributed by atoms with van der Waals surface area (Å²) in [6, 6.07) is 10.0. The summed E-state index contributed by atoms with van der Waals surface area (Å²) in [6.45, 7) is 1.21. The van der Waals surface area contributed by atoms with Crippen LogP contribution < -0.4 is 10.5 Å². The van der Waals surface area contributed by atoms with Crippen LogP contribution in [0.25, 0.3) is 22.3 Å². The van der Waals surface area contributed by atoms with Crippen molar-refractivity contribution in [2.24, 2.45) is 0 Å². The molecule has 0 aliphatic heterocycles. The van der Waals surface area contributed by atoms with E-state index in [1.54, 1.807) is 31.2 Å². The molecule has 28 heavy (non-hydrogen) atoms. The monoisotopic (exact) mass is 402 g/mol. The molecule has 0 fully saturated rings. The van der Waals surface area contributed by atoms with E-state index in [9.17, 15) is 12.8 Å². The molecule has 2 aromatic carbocycles. The van der Waals surface area contributed by atoms with E-state index in [1.165, 1.54) is 30.6 Å². The molecule has 0 aliphatic carbocycles. The summed E-state index contributed by atoms with van der Waals surface area (Å²) in [5.74, 6) is -0.459. The molecule has 3 aromatic rings. The molecule has 0 saturated carbocycles. The first-order valence-corrected chi connectivity index (χ1v) is 9.90. The SMILES string of the molecule is C[C@@H](CO)NS(=O)(=O)c1ccccc1-c1ccc(-c2cnc(N)nc2)c(F)c1. The minimum Gasteiger partial charge on any atom is -0.395 e. The van der Waals surface area contributed by atoms with Gasteiger partial charge in [0.25, 0.3) is 0 Å². The number of nitrogens with one attached hydrogen (secondary N) is 1. The average Bonchev–Trinajstić information content (AvgIpc) is 2.68. The van der Waals surface area contributed by atoms with Crippen molar-refractivity contribution >= 4 is 16.0 Å². The van der Waals surface area contributed by atoms with Gasteiger partial charge in [-0.05, 0) is 24.6 Å². The number of hydrogen-bond donors (Lipinski definition) is 3. The number of aliphatic hydroxyl groups excluding tert-OH is 1. The van der Waals surface area contributed by atoms with Crippen molar-refractivity contribution in [3.63, 3.8) is 0 Å². The fourth-order valence-corrected chi connectivity index (χ4v) is 4.16. The molecular weight excluding hydrogens is 383 g/mol. The summed E-state index contributed by atoms with van der Waals surface area (Å²) >= 11 is 0. The number of aliphatic hydroxyl groups is 1. The van der Waals surface area contributed by atoms with Crippen LogP contribution >= 0.6 is 0 Å². The minimum atomic E-state index is -3.90. The first-order chi connectivity index (χ1) is 13.3. The molecule has 3 rings (SSSR count). The standard InChI is InChI=1S/C19H19FN4O3S/c1-12(11-25)24-28(26,27)18-5-3-2-4-16(18)13-6-7-15(17(20)8-13)14-9-22-19(21)23-10-14/h2-10,12,24-25H,11H2,1H3,(H2,21,22,23)/t12-/m0/s1. The maximum Gasteiger partial charge on any atom is 0.241 e. The molecule has 7 nitrogen and oxygen atoms in total. The molecular formula is C19H19FN4O3S. The molecule has 0 aliphatic rings. The number of nitrogens with two attached hydrogens (primary N) is 1.